The first kappa shape index (κ1) is 13.1. The van der Waals surface area contributed by atoms with E-state index in [0.717, 1.165) is 16.4 Å². The third kappa shape index (κ3) is 2.74. The number of hydrogen-bond acceptors (Lipinski definition) is 2. The molecule has 0 aliphatic carbocycles. The Kier molecular flexibility index (Phi) is 4.04. The average molecular weight is 264 g/mol. The number of benzene rings is 1. The van der Waals surface area contributed by atoms with Crippen molar-refractivity contribution in [3.05, 3.63) is 52.3 Å². The molecule has 2 rings (SSSR count). The Morgan fingerprint density at radius 2 is 2.00 bits per heavy atom. The maximum Gasteiger partial charge on any atom is 0.0860 e. The highest BCUT2D eigenvalue weighted by Gasteiger charge is 2.12. The third-order valence-electron chi connectivity index (χ3n) is 3.14. The van der Waals surface area contributed by atoms with E-state index in [4.69, 9.17) is 11.6 Å². The van der Waals surface area contributed by atoms with Crippen LogP contribution in [0, 0.1) is 6.92 Å². The first-order valence-corrected chi connectivity index (χ1v) is 6.43. The molecular formula is C14H18ClN3. The summed E-state index contributed by atoms with van der Waals surface area (Å²) >= 11 is 6.22. The minimum atomic E-state index is 0.289. The van der Waals surface area contributed by atoms with Gasteiger partial charge in [-0.2, -0.15) is 5.10 Å². The lowest BCUT2D eigenvalue weighted by Gasteiger charge is -2.14. The van der Waals surface area contributed by atoms with Gasteiger partial charge in [0.25, 0.3) is 0 Å². The van der Waals surface area contributed by atoms with Gasteiger partial charge < -0.3 is 5.32 Å². The lowest BCUT2D eigenvalue weighted by atomic mass is 10.1. The predicted octanol–water partition coefficient (Wildman–Crippen LogP) is 3.23. The number of halogens is 1. The minimum absolute atomic E-state index is 0.289. The van der Waals surface area contributed by atoms with Gasteiger partial charge in [0.05, 0.1) is 16.4 Å². The van der Waals surface area contributed by atoms with Crippen LogP contribution in [0.15, 0.2) is 30.3 Å². The summed E-state index contributed by atoms with van der Waals surface area (Å²) in [5.41, 5.74) is 3.17. The van der Waals surface area contributed by atoms with Crippen molar-refractivity contribution in [1.29, 1.82) is 0 Å². The standard InChI is InChI=1S/C14H18ClN3/c1-10(12-7-5-4-6-8-12)16-9-13-14(15)11(2)17-18(13)3/h4-8,10,16H,9H2,1-3H3/t10-/m0/s1. The molecule has 1 aromatic heterocycles. The van der Waals surface area contributed by atoms with E-state index in [-0.39, 0.29) is 6.04 Å². The summed E-state index contributed by atoms with van der Waals surface area (Å²) in [6, 6.07) is 10.7. The Labute approximate surface area is 113 Å². The van der Waals surface area contributed by atoms with Crippen LogP contribution in [0.3, 0.4) is 0 Å². The quantitative estimate of drug-likeness (QED) is 0.918. The van der Waals surface area contributed by atoms with Crippen molar-refractivity contribution < 1.29 is 0 Å². The molecule has 1 N–H and O–H groups in total. The summed E-state index contributed by atoms with van der Waals surface area (Å²) in [6.07, 6.45) is 0. The summed E-state index contributed by atoms with van der Waals surface area (Å²) in [5, 5.41) is 8.53. The number of nitrogens with one attached hydrogen (secondary N) is 1. The fourth-order valence-electron chi connectivity index (χ4n) is 1.98. The molecular weight excluding hydrogens is 246 g/mol. The lowest BCUT2D eigenvalue weighted by Crippen LogP contribution is -2.19. The van der Waals surface area contributed by atoms with E-state index < -0.39 is 0 Å². The van der Waals surface area contributed by atoms with Crippen LogP contribution in [0.2, 0.25) is 5.02 Å². The molecule has 0 unspecified atom stereocenters. The highest BCUT2D eigenvalue weighted by molar-refractivity contribution is 6.31. The first-order chi connectivity index (χ1) is 8.59. The molecule has 0 saturated carbocycles. The van der Waals surface area contributed by atoms with E-state index in [1.807, 2.05) is 24.7 Å². The van der Waals surface area contributed by atoms with Crippen molar-refractivity contribution in [3.63, 3.8) is 0 Å². The molecule has 0 radical (unpaired) electrons. The first-order valence-electron chi connectivity index (χ1n) is 6.06. The molecule has 1 atom stereocenters. The van der Waals surface area contributed by atoms with E-state index >= 15 is 0 Å². The van der Waals surface area contributed by atoms with Crippen molar-refractivity contribution in [2.75, 3.05) is 0 Å². The fraction of sp³-hybridized carbons (Fsp3) is 0.357. The molecule has 2 aromatic rings. The van der Waals surface area contributed by atoms with Crippen LogP contribution in [-0.4, -0.2) is 9.78 Å². The van der Waals surface area contributed by atoms with Gasteiger partial charge >= 0.3 is 0 Å². The Bertz CT molecular complexity index is 519. The SMILES string of the molecule is Cc1nn(C)c(CN[C@@H](C)c2ccccc2)c1Cl. The van der Waals surface area contributed by atoms with Crippen molar-refractivity contribution in [3.8, 4) is 0 Å². The molecule has 0 spiro atoms. The zero-order chi connectivity index (χ0) is 13.1. The highest BCUT2D eigenvalue weighted by Crippen LogP contribution is 2.20. The minimum Gasteiger partial charge on any atom is -0.305 e. The topological polar surface area (TPSA) is 29.9 Å². The zero-order valence-electron chi connectivity index (χ0n) is 10.9. The van der Waals surface area contributed by atoms with E-state index in [9.17, 15) is 0 Å². The molecule has 4 heteroatoms. The second-order valence-electron chi connectivity index (χ2n) is 4.48. The van der Waals surface area contributed by atoms with Crippen LogP contribution >= 0.6 is 11.6 Å². The molecule has 1 aromatic carbocycles. The van der Waals surface area contributed by atoms with Gasteiger partial charge in [-0.05, 0) is 19.4 Å². The number of rotatable bonds is 4. The van der Waals surface area contributed by atoms with Crippen LogP contribution in [0.25, 0.3) is 0 Å². The maximum atomic E-state index is 6.22. The zero-order valence-corrected chi connectivity index (χ0v) is 11.7. The smallest absolute Gasteiger partial charge is 0.0860 e. The molecule has 96 valence electrons. The molecule has 1 heterocycles. The summed E-state index contributed by atoms with van der Waals surface area (Å²) in [7, 11) is 1.92. The van der Waals surface area contributed by atoms with E-state index in [1.165, 1.54) is 5.56 Å². The number of aromatic nitrogens is 2. The molecule has 0 aliphatic heterocycles. The normalized spacial score (nSPS) is 12.7. The van der Waals surface area contributed by atoms with Gasteiger partial charge in [0.1, 0.15) is 0 Å². The Morgan fingerprint density at radius 1 is 1.33 bits per heavy atom. The molecule has 18 heavy (non-hydrogen) atoms. The van der Waals surface area contributed by atoms with Gasteiger partial charge in [-0.25, -0.2) is 0 Å². The van der Waals surface area contributed by atoms with Gasteiger partial charge in [-0.15, -0.1) is 0 Å². The maximum absolute atomic E-state index is 6.22. The molecule has 0 aliphatic rings. The van der Waals surface area contributed by atoms with Crippen LogP contribution < -0.4 is 5.32 Å². The Balaban J connectivity index is 2.04. The van der Waals surface area contributed by atoms with Crippen molar-refractivity contribution >= 4 is 11.6 Å². The van der Waals surface area contributed by atoms with E-state index in [2.05, 4.69) is 41.6 Å². The summed E-state index contributed by atoms with van der Waals surface area (Å²) in [6.45, 7) is 4.78. The van der Waals surface area contributed by atoms with E-state index in [0.29, 0.717) is 6.54 Å². The lowest BCUT2D eigenvalue weighted by molar-refractivity contribution is 0.548. The van der Waals surface area contributed by atoms with Gasteiger partial charge in [-0.3, -0.25) is 4.68 Å². The second kappa shape index (κ2) is 5.55. The van der Waals surface area contributed by atoms with Crippen molar-refractivity contribution in [1.82, 2.24) is 15.1 Å². The monoisotopic (exact) mass is 263 g/mol. The number of aryl methyl sites for hydroxylation is 2. The van der Waals surface area contributed by atoms with Gasteiger partial charge in [0.2, 0.25) is 0 Å². The van der Waals surface area contributed by atoms with Crippen LogP contribution in [0.5, 0.6) is 0 Å². The summed E-state index contributed by atoms with van der Waals surface area (Å²) in [5.74, 6) is 0. The summed E-state index contributed by atoms with van der Waals surface area (Å²) in [4.78, 5) is 0. The molecule has 0 fully saturated rings. The van der Waals surface area contributed by atoms with Gasteiger partial charge in [-0.1, -0.05) is 41.9 Å². The van der Waals surface area contributed by atoms with E-state index in [1.54, 1.807) is 0 Å². The third-order valence-corrected chi connectivity index (χ3v) is 3.63. The molecule has 0 amide bonds. The van der Waals surface area contributed by atoms with Crippen molar-refractivity contribution in [2.45, 2.75) is 26.4 Å². The largest absolute Gasteiger partial charge is 0.305 e. The summed E-state index contributed by atoms with van der Waals surface area (Å²) < 4.78 is 1.84. The van der Waals surface area contributed by atoms with Crippen molar-refractivity contribution in [2.24, 2.45) is 7.05 Å². The fourth-order valence-corrected chi connectivity index (χ4v) is 2.21. The second-order valence-corrected chi connectivity index (χ2v) is 4.86. The Morgan fingerprint density at radius 3 is 2.56 bits per heavy atom. The van der Waals surface area contributed by atoms with Crippen LogP contribution in [0.1, 0.15) is 29.9 Å². The molecule has 3 nitrogen and oxygen atoms in total. The molecule has 0 bridgehead atoms. The van der Waals surface area contributed by atoms with Crippen LogP contribution in [-0.2, 0) is 13.6 Å². The Hall–Kier alpha value is -1.32. The highest BCUT2D eigenvalue weighted by atomic mass is 35.5. The number of hydrogen-bond donors (Lipinski definition) is 1. The van der Waals surface area contributed by atoms with Crippen LogP contribution in [0.4, 0.5) is 0 Å². The predicted molar refractivity (Wildman–Crippen MR) is 74.7 cm³/mol. The molecule has 0 saturated heterocycles. The average Bonchev–Trinajstić information content (AvgIpc) is 2.62. The van der Waals surface area contributed by atoms with Gasteiger partial charge in [0, 0.05) is 19.6 Å². The number of nitrogens with zero attached hydrogens (tertiary/aromatic N) is 2. The van der Waals surface area contributed by atoms with Gasteiger partial charge in [0.15, 0.2) is 0 Å².